The predicted molar refractivity (Wildman–Crippen MR) is 110 cm³/mol. The summed E-state index contributed by atoms with van der Waals surface area (Å²) in [6.45, 7) is 6.76. The van der Waals surface area contributed by atoms with E-state index in [1.165, 1.54) is 13.0 Å². The lowest BCUT2D eigenvalue weighted by Crippen LogP contribution is -2.50. The molecule has 2 aliphatic rings. The average Bonchev–Trinajstić information content (AvgIpc) is 3.21. The quantitative estimate of drug-likeness (QED) is 0.676. The van der Waals surface area contributed by atoms with E-state index >= 15 is 0 Å². The third-order valence-electron chi connectivity index (χ3n) is 6.02. The summed E-state index contributed by atoms with van der Waals surface area (Å²) in [5.74, 6) is 2.68. The first-order chi connectivity index (χ1) is 13.1. The van der Waals surface area contributed by atoms with Gasteiger partial charge in [-0.05, 0) is 30.5 Å². The molecule has 0 spiro atoms. The van der Waals surface area contributed by atoms with E-state index in [4.69, 9.17) is 16.6 Å². The fourth-order valence-electron chi connectivity index (χ4n) is 4.66. The zero-order valence-corrected chi connectivity index (χ0v) is 16.5. The molecule has 5 nitrogen and oxygen atoms in total. The van der Waals surface area contributed by atoms with Crippen molar-refractivity contribution in [3.63, 3.8) is 0 Å². The SMILES string of the molecule is C[C@@H]1C[C@H]2CN(c3cc(-c4nc5ccccc5n4C)c(Cl)cn3)CCN2C1. The molecule has 4 heterocycles. The third-order valence-corrected chi connectivity index (χ3v) is 6.32. The molecule has 140 valence electrons. The van der Waals surface area contributed by atoms with E-state index in [0.717, 1.165) is 53.8 Å². The summed E-state index contributed by atoms with van der Waals surface area (Å²) in [7, 11) is 2.04. The smallest absolute Gasteiger partial charge is 0.142 e. The highest BCUT2D eigenvalue weighted by atomic mass is 35.5. The highest BCUT2D eigenvalue weighted by Crippen LogP contribution is 2.33. The van der Waals surface area contributed by atoms with E-state index in [9.17, 15) is 0 Å². The molecule has 1 aromatic carbocycles. The largest absolute Gasteiger partial charge is 0.354 e. The molecule has 2 aromatic heterocycles. The number of para-hydroxylation sites is 2. The first-order valence-corrected chi connectivity index (χ1v) is 10.0. The Morgan fingerprint density at radius 1 is 1.15 bits per heavy atom. The van der Waals surface area contributed by atoms with Crippen molar-refractivity contribution in [3.05, 3.63) is 41.6 Å². The minimum Gasteiger partial charge on any atom is -0.354 e. The summed E-state index contributed by atoms with van der Waals surface area (Å²) >= 11 is 6.53. The van der Waals surface area contributed by atoms with Crippen molar-refractivity contribution in [1.82, 2.24) is 19.4 Å². The highest BCUT2D eigenvalue weighted by molar-refractivity contribution is 6.33. The van der Waals surface area contributed by atoms with Crippen LogP contribution in [0.3, 0.4) is 0 Å². The fraction of sp³-hybridized carbons (Fsp3) is 0.429. The van der Waals surface area contributed by atoms with Gasteiger partial charge in [0, 0.05) is 51.0 Å². The summed E-state index contributed by atoms with van der Waals surface area (Å²) in [4.78, 5) is 14.5. The Labute approximate surface area is 164 Å². The maximum absolute atomic E-state index is 6.53. The number of halogens is 1. The summed E-state index contributed by atoms with van der Waals surface area (Å²) in [5.41, 5.74) is 3.04. The van der Waals surface area contributed by atoms with E-state index in [-0.39, 0.29) is 0 Å². The second-order valence-corrected chi connectivity index (χ2v) is 8.35. The van der Waals surface area contributed by atoms with E-state index in [2.05, 4.69) is 38.4 Å². The van der Waals surface area contributed by atoms with E-state index in [0.29, 0.717) is 11.1 Å². The van der Waals surface area contributed by atoms with Crippen molar-refractivity contribution in [2.45, 2.75) is 19.4 Å². The van der Waals surface area contributed by atoms with Gasteiger partial charge in [0.15, 0.2) is 0 Å². The molecule has 0 saturated carbocycles. The first-order valence-electron chi connectivity index (χ1n) is 9.66. The molecule has 0 amide bonds. The summed E-state index contributed by atoms with van der Waals surface area (Å²) in [5, 5.41) is 0.644. The van der Waals surface area contributed by atoms with Gasteiger partial charge in [0.25, 0.3) is 0 Å². The van der Waals surface area contributed by atoms with Gasteiger partial charge in [0.2, 0.25) is 0 Å². The molecule has 6 heteroatoms. The molecule has 2 fully saturated rings. The van der Waals surface area contributed by atoms with Gasteiger partial charge in [-0.3, -0.25) is 4.90 Å². The minimum absolute atomic E-state index is 0.644. The summed E-state index contributed by atoms with van der Waals surface area (Å²) < 4.78 is 2.11. The van der Waals surface area contributed by atoms with Gasteiger partial charge in [-0.25, -0.2) is 9.97 Å². The van der Waals surface area contributed by atoms with Crippen LogP contribution in [0.25, 0.3) is 22.4 Å². The van der Waals surface area contributed by atoms with Crippen LogP contribution in [0, 0.1) is 5.92 Å². The van der Waals surface area contributed by atoms with Crippen LogP contribution in [-0.4, -0.2) is 51.7 Å². The maximum Gasteiger partial charge on any atom is 0.142 e. The lowest BCUT2D eigenvalue weighted by atomic mass is 10.1. The topological polar surface area (TPSA) is 37.2 Å². The molecule has 5 rings (SSSR count). The summed E-state index contributed by atoms with van der Waals surface area (Å²) in [6.07, 6.45) is 3.05. The van der Waals surface area contributed by atoms with Gasteiger partial charge in [0.1, 0.15) is 11.6 Å². The van der Waals surface area contributed by atoms with Crippen LogP contribution in [0.5, 0.6) is 0 Å². The number of imidazole rings is 1. The lowest BCUT2D eigenvalue weighted by Gasteiger charge is -2.38. The molecule has 0 bridgehead atoms. The van der Waals surface area contributed by atoms with Crippen LogP contribution in [0.2, 0.25) is 5.02 Å². The second-order valence-electron chi connectivity index (χ2n) is 7.94. The Morgan fingerprint density at radius 3 is 2.85 bits per heavy atom. The van der Waals surface area contributed by atoms with E-state index < -0.39 is 0 Å². The van der Waals surface area contributed by atoms with Crippen LogP contribution in [0.4, 0.5) is 5.82 Å². The molecule has 27 heavy (non-hydrogen) atoms. The number of fused-ring (bicyclic) bond motifs is 2. The standard InChI is InChI=1S/C21H24ClN5/c1-14-9-15-13-27(8-7-26(15)12-14)20-10-16(17(22)11-23-20)21-24-18-5-3-4-6-19(18)25(21)2/h3-6,10-11,14-15H,7-9,12-13H2,1-2H3/t14-,15+/m1/s1. The molecule has 2 atom stereocenters. The fourth-order valence-corrected chi connectivity index (χ4v) is 4.85. The molecule has 0 aliphatic carbocycles. The van der Waals surface area contributed by atoms with Gasteiger partial charge in [-0.2, -0.15) is 0 Å². The molecule has 0 radical (unpaired) electrons. The van der Waals surface area contributed by atoms with Crippen molar-refractivity contribution < 1.29 is 0 Å². The molecule has 2 saturated heterocycles. The number of benzene rings is 1. The van der Waals surface area contributed by atoms with Crippen LogP contribution in [-0.2, 0) is 7.05 Å². The molecular weight excluding hydrogens is 358 g/mol. The molecule has 3 aromatic rings. The Morgan fingerprint density at radius 2 is 2.00 bits per heavy atom. The minimum atomic E-state index is 0.644. The molecule has 0 unspecified atom stereocenters. The Hall–Kier alpha value is -2.11. The Balaban J connectivity index is 1.50. The number of aryl methyl sites for hydroxylation is 1. The second kappa shape index (κ2) is 6.50. The maximum atomic E-state index is 6.53. The molecule has 0 N–H and O–H groups in total. The van der Waals surface area contributed by atoms with Gasteiger partial charge < -0.3 is 9.47 Å². The highest BCUT2D eigenvalue weighted by Gasteiger charge is 2.34. The number of piperazine rings is 1. The first kappa shape index (κ1) is 17.0. The Bertz CT molecular complexity index is 997. The van der Waals surface area contributed by atoms with Crippen molar-refractivity contribution in [2.75, 3.05) is 31.1 Å². The normalized spacial score (nSPS) is 23.1. The van der Waals surface area contributed by atoms with Crippen molar-refractivity contribution in [2.24, 2.45) is 13.0 Å². The Kier molecular flexibility index (Phi) is 4.10. The third kappa shape index (κ3) is 2.89. The van der Waals surface area contributed by atoms with Crippen molar-refractivity contribution >= 4 is 28.5 Å². The van der Waals surface area contributed by atoms with Crippen molar-refractivity contribution in [3.8, 4) is 11.4 Å². The monoisotopic (exact) mass is 381 g/mol. The number of aromatic nitrogens is 3. The van der Waals surface area contributed by atoms with E-state index in [1.54, 1.807) is 6.20 Å². The average molecular weight is 382 g/mol. The van der Waals surface area contributed by atoms with E-state index in [1.807, 2.05) is 25.2 Å². The number of anilines is 1. The number of pyridine rings is 1. The lowest BCUT2D eigenvalue weighted by molar-refractivity contribution is 0.228. The summed E-state index contributed by atoms with van der Waals surface area (Å²) in [6, 6.07) is 10.9. The predicted octanol–water partition coefficient (Wildman–Crippen LogP) is 3.82. The van der Waals surface area contributed by atoms with Crippen LogP contribution >= 0.6 is 11.6 Å². The van der Waals surface area contributed by atoms with Crippen molar-refractivity contribution in [1.29, 1.82) is 0 Å². The van der Waals surface area contributed by atoms with Gasteiger partial charge in [-0.15, -0.1) is 0 Å². The van der Waals surface area contributed by atoms with Gasteiger partial charge in [-0.1, -0.05) is 30.7 Å². The zero-order valence-electron chi connectivity index (χ0n) is 15.8. The number of rotatable bonds is 2. The van der Waals surface area contributed by atoms with Crippen LogP contribution in [0.1, 0.15) is 13.3 Å². The molecule has 2 aliphatic heterocycles. The van der Waals surface area contributed by atoms with Crippen LogP contribution in [0.15, 0.2) is 36.5 Å². The molecular formula is C21H24ClN5. The van der Waals surface area contributed by atoms with Gasteiger partial charge >= 0.3 is 0 Å². The number of hydrogen-bond acceptors (Lipinski definition) is 4. The van der Waals surface area contributed by atoms with Gasteiger partial charge in [0.05, 0.1) is 16.1 Å². The zero-order chi connectivity index (χ0) is 18.5. The number of hydrogen-bond donors (Lipinski definition) is 0. The number of nitrogens with zero attached hydrogens (tertiary/aromatic N) is 5. The van der Waals surface area contributed by atoms with Crippen LogP contribution < -0.4 is 4.90 Å².